The second-order valence-electron chi connectivity index (χ2n) is 3.10. The maximum absolute atomic E-state index is 11.4. The Labute approximate surface area is 96.1 Å². The Morgan fingerprint density at radius 1 is 1.50 bits per heavy atom. The molecule has 0 spiro atoms. The summed E-state index contributed by atoms with van der Waals surface area (Å²) in [5, 5.41) is 12.3. The van der Waals surface area contributed by atoms with E-state index in [1.807, 2.05) is 0 Å². The van der Waals surface area contributed by atoms with Crippen molar-refractivity contribution in [3.63, 3.8) is 0 Å². The van der Waals surface area contributed by atoms with Gasteiger partial charge in [-0.2, -0.15) is 0 Å². The molecule has 0 saturated heterocycles. The maximum atomic E-state index is 11.4. The van der Waals surface area contributed by atoms with Gasteiger partial charge in [-0.1, -0.05) is 0 Å². The predicted molar refractivity (Wildman–Crippen MR) is 57.2 cm³/mol. The Kier molecular flexibility index (Phi) is 2.95. The van der Waals surface area contributed by atoms with E-state index in [0.717, 1.165) is 0 Å². The van der Waals surface area contributed by atoms with Crippen molar-refractivity contribution in [3.8, 4) is 0 Å². The summed E-state index contributed by atoms with van der Waals surface area (Å²) in [6.07, 6.45) is 1.64. The topological polar surface area (TPSA) is 73.6 Å². The van der Waals surface area contributed by atoms with Crippen molar-refractivity contribution in [2.75, 3.05) is 0 Å². The Balaban J connectivity index is 2.35. The van der Waals surface area contributed by atoms with Crippen molar-refractivity contribution in [1.29, 1.82) is 0 Å². The largest absolute Gasteiger partial charge is 0.294 e. The zero-order chi connectivity index (χ0) is 11.5. The summed E-state index contributed by atoms with van der Waals surface area (Å²) in [5.41, 5.74) is 0.579. The standard InChI is InChI=1S/C9H9N5OS/c1-6(15)7-4-3-5-10-8(7)16-9-11-12-13-14(9)2/h3-5H,1-2H3. The molecule has 0 aliphatic carbocycles. The van der Waals surface area contributed by atoms with Gasteiger partial charge in [0, 0.05) is 18.8 Å². The van der Waals surface area contributed by atoms with E-state index in [-0.39, 0.29) is 5.78 Å². The van der Waals surface area contributed by atoms with Crippen LogP contribution in [0.2, 0.25) is 0 Å². The van der Waals surface area contributed by atoms with Crippen molar-refractivity contribution < 1.29 is 4.79 Å². The highest BCUT2D eigenvalue weighted by Gasteiger charge is 2.12. The number of nitrogens with zero attached hydrogens (tertiary/aromatic N) is 5. The zero-order valence-electron chi connectivity index (χ0n) is 8.78. The smallest absolute Gasteiger partial charge is 0.215 e. The minimum Gasteiger partial charge on any atom is -0.294 e. The first-order valence-electron chi connectivity index (χ1n) is 4.54. The normalized spacial score (nSPS) is 10.4. The molecule has 0 unspecified atom stereocenters. The molecule has 2 aromatic rings. The molecule has 0 fully saturated rings. The Bertz CT molecular complexity index is 524. The van der Waals surface area contributed by atoms with Gasteiger partial charge in [0.25, 0.3) is 0 Å². The molecule has 0 amide bonds. The number of aromatic nitrogens is 5. The van der Waals surface area contributed by atoms with Crippen LogP contribution in [0.5, 0.6) is 0 Å². The van der Waals surface area contributed by atoms with Gasteiger partial charge in [0.2, 0.25) is 5.16 Å². The molecular formula is C9H9N5OS. The van der Waals surface area contributed by atoms with Gasteiger partial charge in [0.1, 0.15) is 5.03 Å². The second kappa shape index (κ2) is 4.40. The maximum Gasteiger partial charge on any atom is 0.215 e. The number of aryl methyl sites for hydroxylation is 1. The first kappa shape index (κ1) is 10.7. The van der Waals surface area contributed by atoms with Crippen LogP contribution in [-0.4, -0.2) is 31.0 Å². The summed E-state index contributed by atoms with van der Waals surface area (Å²) >= 11 is 1.27. The average molecular weight is 235 g/mol. The van der Waals surface area contributed by atoms with Crippen molar-refractivity contribution in [3.05, 3.63) is 23.9 Å². The first-order valence-corrected chi connectivity index (χ1v) is 5.36. The van der Waals surface area contributed by atoms with Crippen molar-refractivity contribution in [2.45, 2.75) is 17.1 Å². The third-order valence-electron chi connectivity index (χ3n) is 1.92. The van der Waals surface area contributed by atoms with Crippen LogP contribution in [0.4, 0.5) is 0 Å². The monoisotopic (exact) mass is 235 g/mol. The number of ketones is 1. The Hall–Kier alpha value is -1.76. The highest BCUT2D eigenvalue weighted by atomic mass is 32.2. The summed E-state index contributed by atoms with van der Waals surface area (Å²) < 4.78 is 1.53. The van der Waals surface area contributed by atoms with Crippen LogP contribution in [0.3, 0.4) is 0 Å². The van der Waals surface area contributed by atoms with E-state index in [1.165, 1.54) is 23.4 Å². The molecule has 0 saturated carbocycles. The number of hydrogen-bond donors (Lipinski definition) is 0. The van der Waals surface area contributed by atoms with Gasteiger partial charge in [0.05, 0.1) is 0 Å². The summed E-state index contributed by atoms with van der Waals surface area (Å²) in [4.78, 5) is 15.5. The third kappa shape index (κ3) is 2.08. The molecular weight excluding hydrogens is 226 g/mol. The molecule has 7 heteroatoms. The number of hydrogen-bond acceptors (Lipinski definition) is 6. The molecule has 0 N–H and O–H groups in total. The lowest BCUT2D eigenvalue weighted by atomic mass is 10.2. The summed E-state index contributed by atoms with van der Waals surface area (Å²) in [6.45, 7) is 1.51. The molecule has 16 heavy (non-hydrogen) atoms. The Morgan fingerprint density at radius 2 is 2.31 bits per heavy atom. The summed E-state index contributed by atoms with van der Waals surface area (Å²) in [5.74, 6) is -0.0225. The fraction of sp³-hybridized carbons (Fsp3) is 0.222. The molecule has 2 aromatic heterocycles. The highest BCUT2D eigenvalue weighted by molar-refractivity contribution is 7.99. The fourth-order valence-corrected chi connectivity index (χ4v) is 1.99. The van der Waals surface area contributed by atoms with Crippen LogP contribution in [-0.2, 0) is 7.05 Å². The molecule has 2 heterocycles. The number of tetrazole rings is 1. The number of carbonyl (C=O) groups is 1. The molecule has 0 aliphatic rings. The van der Waals surface area contributed by atoms with Gasteiger partial charge >= 0.3 is 0 Å². The van der Waals surface area contributed by atoms with Gasteiger partial charge in [-0.15, -0.1) is 5.10 Å². The minimum atomic E-state index is -0.0225. The van der Waals surface area contributed by atoms with Crippen molar-refractivity contribution in [2.24, 2.45) is 7.05 Å². The molecule has 0 aliphatic heterocycles. The van der Waals surface area contributed by atoms with Gasteiger partial charge in [-0.05, 0) is 41.2 Å². The molecule has 0 bridgehead atoms. The average Bonchev–Trinajstić information content (AvgIpc) is 2.65. The van der Waals surface area contributed by atoms with E-state index in [9.17, 15) is 4.79 Å². The molecule has 6 nitrogen and oxygen atoms in total. The minimum absolute atomic E-state index is 0.0225. The van der Waals surface area contributed by atoms with E-state index in [1.54, 1.807) is 25.4 Å². The Morgan fingerprint density at radius 3 is 2.94 bits per heavy atom. The number of pyridine rings is 1. The SMILES string of the molecule is CC(=O)c1cccnc1Sc1nnnn1C. The molecule has 82 valence electrons. The third-order valence-corrected chi connectivity index (χ3v) is 2.97. The molecule has 2 rings (SSSR count). The van der Waals surface area contributed by atoms with Gasteiger partial charge in [-0.3, -0.25) is 4.79 Å². The van der Waals surface area contributed by atoms with E-state index in [0.29, 0.717) is 15.7 Å². The fourth-order valence-electron chi connectivity index (χ4n) is 1.13. The van der Waals surface area contributed by atoms with Crippen LogP contribution >= 0.6 is 11.8 Å². The number of rotatable bonds is 3. The molecule has 0 atom stereocenters. The van der Waals surface area contributed by atoms with Crippen LogP contribution in [0.25, 0.3) is 0 Å². The summed E-state index contributed by atoms with van der Waals surface area (Å²) in [7, 11) is 1.73. The van der Waals surface area contributed by atoms with Crippen LogP contribution in [0, 0.1) is 0 Å². The van der Waals surface area contributed by atoms with E-state index in [2.05, 4.69) is 20.5 Å². The zero-order valence-corrected chi connectivity index (χ0v) is 9.60. The lowest BCUT2D eigenvalue weighted by Crippen LogP contribution is -1.99. The second-order valence-corrected chi connectivity index (χ2v) is 4.06. The van der Waals surface area contributed by atoms with Crippen molar-refractivity contribution in [1.82, 2.24) is 25.2 Å². The van der Waals surface area contributed by atoms with E-state index >= 15 is 0 Å². The molecule has 0 radical (unpaired) electrons. The molecule has 0 aromatic carbocycles. The lowest BCUT2D eigenvalue weighted by molar-refractivity contribution is 0.101. The number of Topliss-reactive ketones (excluding diaryl/α,β-unsaturated/α-hetero) is 1. The van der Waals surface area contributed by atoms with Crippen molar-refractivity contribution >= 4 is 17.5 Å². The number of carbonyl (C=O) groups excluding carboxylic acids is 1. The van der Waals surface area contributed by atoms with Crippen LogP contribution < -0.4 is 0 Å². The van der Waals surface area contributed by atoms with E-state index in [4.69, 9.17) is 0 Å². The summed E-state index contributed by atoms with van der Waals surface area (Å²) in [6, 6.07) is 3.47. The first-order chi connectivity index (χ1) is 7.68. The van der Waals surface area contributed by atoms with Crippen LogP contribution in [0.1, 0.15) is 17.3 Å². The lowest BCUT2D eigenvalue weighted by Gasteiger charge is -2.02. The quantitative estimate of drug-likeness (QED) is 0.738. The van der Waals surface area contributed by atoms with Crippen LogP contribution in [0.15, 0.2) is 28.5 Å². The van der Waals surface area contributed by atoms with Gasteiger partial charge < -0.3 is 0 Å². The van der Waals surface area contributed by atoms with Gasteiger partial charge in [-0.25, -0.2) is 9.67 Å². The highest BCUT2D eigenvalue weighted by Crippen LogP contribution is 2.25. The predicted octanol–water partition coefficient (Wildman–Crippen LogP) is 0.959. The van der Waals surface area contributed by atoms with Gasteiger partial charge in [0.15, 0.2) is 5.78 Å². The van der Waals surface area contributed by atoms with E-state index < -0.39 is 0 Å².